The molecule has 2 heterocycles. The van der Waals surface area contributed by atoms with Gasteiger partial charge < -0.3 is 10.3 Å². The molecule has 1 saturated carbocycles. The van der Waals surface area contributed by atoms with Crippen LogP contribution < -0.4 is 5.73 Å². The van der Waals surface area contributed by atoms with Crippen molar-refractivity contribution in [3.05, 3.63) is 11.6 Å². The predicted octanol–water partition coefficient (Wildman–Crippen LogP) is 1.34. The number of nitrogens with zero attached hydrogens (tertiary/aromatic N) is 3. The van der Waals surface area contributed by atoms with Gasteiger partial charge in [-0.05, 0) is 25.7 Å². The van der Waals surface area contributed by atoms with E-state index in [1.165, 1.54) is 25.7 Å². The van der Waals surface area contributed by atoms with Gasteiger partial charge in [-0.25, -0.2) is 0 Å². The number of hydrogen-bond donors (Lipinski definition) is 1. The Morgan fingerprint density at radius 3 is 2.67 bits per heavy atom. The van der Waals surface area contributed by atoms with E-state index < -0.39 is 0 Å². The van der Waals surface area contributed by atoms with Crippen molar-refractivity contribution in [3.63, 3.8) is 0 Å². The van der Waals surface area contributed by atoms with Gasteiger partial charge in [0.2, 0.25) is 0 Å². The van der Waals surface area contributed by atoms with Gasteiger partial charge in [0, 0.05) is 13.0 Å². The number of rotatable bonds is 1. The summed E-state index contributed by atoms with van der Waals surface area (Å²) < 4.78 is 2.27. The van der Waals surface area contributed by atoms with Crippen LogP contribution in [0.5, 0.6) is 0 Å². The van der Waals surface area contributed by atoms with Crippen LogP contribution in [0, 0.1) is 0 Å². The SMILES string of the molecule is NC1(c2nnc3n2CCCC3)CCCC1. The van der Waals surface area contributed by atoms with Crippen LogP contribution in [0.15, 0.2) is 0 Å². The lowest BCUT2D eigenvalue weighted by Crippen LogP contribution is -2.37. The number of hydrogen-bond acceptors (Lipinski definition) is 3. The summed E-state index contributed by atoms with van der Waals surface area (Å²) in [7, 11) is 0. The first-order valence-electron chi connectivity index (χ1n) is 6.01. The molecule has 0 saturated heterocycles. The molecule has 15 heavy (non-hydrogen) atoms. The molecule has 0 radical (unpaired) electrons. The van der Waals surface area contributed by atoms with Gasteiger partial charge in [-0.1, -0.05) is 12.8 Å². The molecule has 0 atom stereocenters. The molecule has 1 aliphatic carbocycles. The zero-order chi connectivity index (χ0) is 10.3. The third-order valence-electron chi connectivity index (χ3n) is 3.80. The summed E-state index contributed by atoms with van der Waals surface area (Å²) in [6.45, 7) is 1.07. The second-order valence-electron chi connectivity index (χ2n) is 4.91. The van der Waals surface area contributed by atoms with Crippen molar-refractivity contribution in [3.8, 4) is 0 Å². The predicted molar refractivity (Wildman–Crippen MR) is 57.3 cm³/mol. The summed E-state index contributed by atoms with van der Waals surface area (Å²) in [6, 6.07) is 0. The maximum Gasteiger partial charge on any atom is 0.153 e. The molecular formula is C11H18N4. The Labute approximate surface area is 89.9 Å². The van der Waals surface area contributed by atoms with Gasteiger partial charge in [-0.2, -0.15) is 0 Å². The highest BCUT2D eigenvalue weighted by atomic mass is 15.3. The second kappa shape index (κ2) is 3.30. The van der Waals surface area contributed by atoms with Crippen molar-refractivity contribution < 1.29 is 0 Å². The van der Waals surface area contributed by atoms with Crippen LogP contribution in [0.1, 0.15) is 50.2 Å². The van der Waals surface area contributed by atoms with E-state index in [4.69, 9.17) is 5.73 Å². The average Bonchev–Trinajstić information content (AvgIpc) is 2.84. The minimum absolute atomic E-state index is 0.178. The van der Waals surface area contributed by atoms with Gasteiger partial charge >= 0.3 is 0 Å². The van der Waals surface area contributed by atoms with Crippen molar-refractivity contribution in [1.82, 2.24) is 14.8 Å². The maximum absolute atomic E-state index is 6.43. The normalized spacial score (nSPS) is 24.1. The van der Waals surface area contributed by atoms with Gasteiger partial charge in [0.05, 0.1) is 5.54 Å². The summed E-state index contributed by atoms with van der Waals surface area (Å²) in [6.07, 6.45) is 8.18. The molecule has 2 aliphatic rings. The van der Waals surface area contributed by atoms with Crippen LogP contribution in [0.2, 0.25) is 0 Å². The van der Waals surface area contributed by atoms with Crippen LogP contribution in [0.3, 0.4) is 0 Å². The van der Waals surface area contributed by atoms with Crippen LogP contribution >= 0.6 is 0 Å². The highest BCUT2D eigenvalue weighted by Crippen LogP contribution is 2.36. The first-order valence-corrected chi connectivity index (χ1v) is 6.01. The molecule has 0 bridgehead atoms. The van der Waals surface area contributed by atoms with Gasteiger partial charge in [0.15, 0.2) is 5.82 Å². The first-order chi connectivity index (χ1) is 7.30. The fourth-order valence-corrected chi connectivity index (χ4v) is 2.91. The van der Waals surface area contributed by atoms with E-state index in [9.17, 15) is 0 Å². The molecular weight excluding hydrogens is 188 g/mol. The monoisotopic (exact) mass is 206 g/mol. The topological polar surface area (TPSA) is 56.7 Å². The molecule has 0 amide bonds. The third-order valence-corrected chi connectivity index (χ3v) is 3.80. The minimum atomic E-state index is -0.178. The van der Waals surface area contributed by atoms with Gasteiger partial charge in [-0.15, -0.1) is 10.2 Å². The minimum Gasteiger partial charge on any atom is -0.319 e. The zero-order valence-electron chi connectivity index (χ0n) is 9.08. The number of aryl methyl sites for hydroxylation is 1. The van der Waals surface area contributed by atoms with E-state index in [1.807, 2.05) is 0 Å². The summed E-state index contributed by atoms with van der Waals surface area (Å²) in [5, 5.41) is 8.62. The fraction of sp³-hybridized carbons (Fsp3) is 0.818. The van der Waals surface area contributed by atoms with E-state index in [-0.39, 0.29) is 5.54 Å². The highest BCUT2D eigenvalue weighted by Gasteiger charge is 2.37. The molecule has 3 rings (SSSR count). The molecule has 2 N–H and O–H groups in total. The Morgan fingerprint density at radius 1 is 1.07 bits per heavy atom. The lowest BCUT2D eigenvalue weighted by atomic mass is 9.97. The second-order valence-corrected chi connectivity index (χ2v) is 4.91. The molecule has 1 aromatic heterocycles. The molecule has 82 valence electrons. The van der Waals surface area contributed by atoms with Crippen molar-refractivity contribution in [2.24, 2.45) is 5.73 Å². The summed E-state index contributed by atoms with van der Waals surface area (Å²) in [5.74, 6) is 2.20. The number of fused-ring (bicyclic) bond motifs is 1. The van der Waals surface area contributed by atoms with Crippen molar-refractivity contribution >= 4 is 0 Å². The van der Waals surface area contributed by atoms with E-state index >= 15 is 0 Å². The molecule has 4 heteroatoms. The number of aromatic nitrogens is 3. The standard InChI is InChI=1S/C11H18N4/c12-11(6-2-3-7-11)10-14-13-9-5-1-4-8-15(9)10/h1-8,12H2. The van der Waals surface area contributed by atoms with Gasteiger partial charge in [-0.3, -0.25) is 0 Å². The van der Waals surface area contributed by atoms with Crippen LogP contribution in [-0.4, -0.2) is 14.8 Å². The summed E-state index contributed by atoms with van der Waals surface area (Å²) in [4.78, 5) is 0. The Hall–Kier alpha value is -0.900. The third kappa shape index (κ3) is 1.39. The van der Waals surface area contributed by atoms with E-state index in [2.05, 4.69) is 14.8 Å². The smallest absolute Gasteiger partial charge is 0.153 e. The fourth-order valence-electron chi connectivity index (χ4n) is 2.91. The maximum atomic E-state index is 6.43. The highest BCUT2D eigenvalue weighted by molar-refractivity contribution is 5.11. The first kappa shape index (κ1) is 9.33. The molecule has 0 spiro atoms. The van der Waals surface area contributed by atoms with E-state index in [0.29, 0.717) is 0 Å². The Bertz CT molecular complexity index is 363. The van der Waals surface area contributed by atoms with Crippen molar-refractivity contribution in [2.75, 3.05) is 0 Å². The molecule has 0 aromatic carbocycles. The van der Waals surface area contributed by atoms with E-state index in [0.717, 1.165) is 37.5 Å². The molecule has 1 aromatic rings. The van der Waals surface area contributed by atoms with Gasteiger partial charge in [0.1, 0.15) is 5.82 Å². The average molecular weight is 206 g/mol. The lowest BCUT2D eigenvalue weighted by molar-refractivity contribution is 0.390. The summed E-state index contributed by atoms with van der Waals surface area (Å²) in [5.41, 5.74) is 6.25. The van der Waals surface area contributed by atoms with Crippen LogP contribution in [0.4, 0.5) is 0 Å². The summed E-state index contributed by atoms with van der Waals surface area (Å²) >= 11 is 0. The molecule has 0 unspecified atom stereocenters. The lowest BCUT2D eigenvalue weighted by Gasteiger charge is -2.25. The number of nitrogens with two attached hydrogens (primary N) is 1. The van der Waals surface area contributed by atoms with E-state index in [1.54, 1.807) is 0 Å². The largest absolute Gasteiger partial charge is 0.319 e. The Kier molecular flexibility index (Phi) is 2.06. The Morgan fingerprint density at radius 2 is 1.87 bits per heavy atom. The quantitative estimate of drug-likeness (QED) is 0.754. The van der Waals surface area contributed by atoms with Crippen LogP contribution in [0.25, 0.3) is 0 Å². The zero-order valence-corrected chi connectivity index (χ0v) is 9.08. The molecule has 4 nitrogen and oxygen atoms in total. The van der Waals surface area contributed by atoms with Crippen molar-refractivity contribution in [2.45, 2.75) is 57.0 Å². The van der Waals surface area contributed by atoms with Crippen LogP contribution in [-0.2, 0) is 18.5 Å². The van der Waals surface area contributed by atoms with Gasteiger partial charge in [0.25, 0.3) is 0 Å². The Balaban J connectivity index is 2.00. The molecule has 1 aliphatic heterocycles. The van der Waals surface area contributed by atoms with Crippen molar-refractivity contribution in [1.29, 1.82) is 0 Å². The molecule has 1 fully saturated rings.